The van der Waals surface area contributed by atoms with Gasteiger partial charge >= 0.3 is 0 Å². The van der Waals surface area contributed by atoms with Gasteiger partial charge in [-0.3, -0.25) is 14.7 Å². The van der Waals surface area contributed by atoms with E-state index in [9.17, 15) is 4.79 Å². The molecule has 0 fully saturated rings. The van der Waals surface area contributed by atoms with Crippen molar-refractivity contribution in [2.45, 2.75) is 31.7 Å². The van der Waals surface area contributed by atoms with E-state index in [1.54, 1.807) is 18.4 Å². The Bertz CT molecular complexity index is 1220. The summed E-state index contributed by atoms with van der Waals surface area (Å²) in [5.74, 6) is 0.606. The van der Waals surface area contributed by atoms with Gasteiger partial charge in [-0.2, -0.15) is 0 Å². The number of aromatic nitrogens is 1. The van der Waals surface area contributed by atoms with E-state index in [1.165, 1.54) is 4.90 Å². The molecule has 5 rings (SSSR count). The second kappa shape index (κ2) is 7.20. The Kier molecular flexibility index (Phi) is 4.59. The Morgan fingerprint density at radius 1 is 1.23 bits per heavy atom. The number of hydrogen-bond acceptors (Lipinski definition) is 6. The number of carbonyl (C=O) groups is 1. The lowest BCUT2D eigenvalue weighted by molar-refractivity contribution is -0.130. The number of guanidine groups is 1. The number of benzene rings is 1. The minimum Gasteiger partial charge on any atom is -0.493 e. The molecule has 0 unspecified atom stereocenters. The van der Waals surface area contributed by atoms with Gasteiger partial charge in [-0.05, 0) is 59.7 Å². The number of thiophene rings is 1. The lowest BCUT2D eigenvalue weighted by Crippen LogP contribution is -2.52. The number of rotatable bonds is 3. The van der Waals surface area contributed by atoms with Crippen molar-refractivity contribution in [1.29, 1.82) is 0 Å². The summed E-state index contributed by atoms with van der Waals surface area (Å²) >= 11 is 1.60. The van der Waals surface area contributed by atoms with Crippen LogP contribution in [0.4, 0.5) is 0 Å². The van der Waals surface area contributed by atoms with Crippen molar-refractivity contribution >= 4 is 23.2 Å². The number of hydrogen-bond donors (Lipinski definition) is 1. The van der Waals surface area contributed by atoms with Crippen LogP contribution in [0.2, 0.25) is 0 Å². The highest BCUT2D eigenvalue weighted by Crippen LogP contribution is 2.47. The maximum atomic E-state index is 13.5. The summed E-state index contributed by atoms with van der Waals surface area (Å²) in [6, 6.07) is 10.3. The predicted octanol–water partition coefficient (Wildman–Crippen LogP) is 3.84. The van der Waals surface area contributed by atoms with Gasteiger partial charge in [0, 0.05) is 36.3 Å². The Morgan fingerprint density at radius 3 is 2.87 bits per heavy atom. The van der Waals surface area contributed by atoms with E-state index in [0.29, 0.717) is 6.61 Å². The molecule has 2 aliphatic heterocycles. The highest BCUT2D eigenvalue weighted by molar-refractivity contribution is 7.10. The van der Waals surface area contributed by atoms with Crippen molar-refractivity contribution in [2.24, 2.45) is 10.7 Å². The van der Waals surface area contributed by atoms with Gasteiger partial charge < -0.3 is 10.5 Å². The number of ether oxygens (including phenoxy) is 1. The van der Waals surface area contributed by atoms with Gasteiger partial charge in [0.15, 0.2) is 5.96 Å². The molecule has 6 nitrogen and oxygen atoms in total. The molecule has 0 bridgehead atoms. The van der Waals surface area contributed by atoms with E-state index in [0.717, 1.165) is 44.9 Å². The minimum atomic E-state index is -0.804. The number of nitrogens with zero attached hydrogens (tertiary/aromatic N) is 3. The highest BCUT2D eigenvalue weighted by Gasteiger charge is 2.48. The SMILES string of the molecule is Cc1cncc(-c2csc([C@@]3(C)N=C(N)N(C)C(=O)[C@H]3c3ccc4c(c3)CCO4)c2)c1. The van der Waals surface area contributed by atoms with Crippen LogP contribution in [0.1, 0.15) is 34.4 Å². The number of carbonyl (C=O) groups excluding carboxylic acids is 1. The fourth-order valence-electron chi connectivity index (χ4n) is 4.44. The van der Waals surface area contributed by atoms with E-state index < -0.39 is 11.5 Å². The first kappa shape index (κ1) is 19.8. The molecule has 0 radical (unpaired) electrons. The molecule has 2 atom stereocenters. The van der Waals surface area contributed by atoms with Crippen molar-refractivity contribution in [3.8, 4) is 16.9 Å². The van der Waals surface area contributed by atoms with Crippen LogP contribution in [0.15, 0.2) is 53.1 Å². The lowest BCUT2D eigenvalue weighted by atomic mass is 9.77. The van der Waals surface area contributed by atoms with Crippen molar-refractivity contribution in [1.82, 2.24) is 9.88 Å². The molecule has 2 aliphatic rings. The first-order valence-electron chi connectivity index (χ1n) is 10.3. The smallest absolute Gasteiger partial charge is 0.239 e. The van der Waals surface area contributed by atoms with Crippen LogP contribution in [0.3, 0.4) is 0 Å². The van der Waals surface area contributed by atoms with Crippen LogP contribution >= 0.6 is 11.3 Å². The summed E-state index contributed by atoms with van der Waals surface area (Å²) in [5.41, 5.74) is 10.7. The predicted molar refractivity (Wildman–Crippen MR) is 122 cm³/mol. The quantitative estimate of drug-likeness (QED) is 0.682. The van der Waals surface area contributed by atoms with Gasteiger partial charge in [-0.15, -0.1) is 11.3 Å². The molecule has 3 aromatic rings. The van der Waals surface area contributed by atoms with E-state index in [1.807, 2.05) is 38.4 Å². The van der Waals surface area contributed by atoms with E-state index in [-0.39, 0.29) is 11.9 Å². The normalized spacial score (nSPS) is 22.8. The molecular weight excluding hydrogens is 408 g/mol. The van der Waals surface area contributed by atoms with Crippen LogP contribution in [0.5, 0.6) is 5.75 Å². The van der Waals surface area contributed by atoms with Gasteiger partial charge in [-0.1, -0.05) is 12.1 Å². The zero-order chi connectivity index (χ0) is 21.8. The van der Waals surface area contributed by atoms with Crippen molar-refractivity contribution in [2.75, 3.05) is 13.7 Å². The summed E-state index contributed by atoms with van der Waals surface area (Å²) in [6.07, 6.45) is 4.55. The second-order valence-electron chi connectivity index (χ2n) is 8.36. The molecule has 7 heteroatoms. The zero-order valence-electron chi connectivity index (χ0n) is 17.8. The number of amides is 1. The molecule has 1 aromatic carbocycles. The summed E-state index contributed by atoms with van der Waals surface area (Å²) in [6.45, 7) is 4.71. The lowest BCUT2D eigenvalue weighted by Gasteiger charge is -2.40. The number of aryl methyl sites for hydroxylation is 1. The first-order chi connectivity index (χ1) is 14.9. The summed E-state index contributed by atoms with van der Waals surface area (Å²) in [5, 5.41) is 2.10. The van der Waals surface area contributed by atoms with Gasteiger partial charge in [0.05, 0.1) is 12.5 Å². The third-order valence-corrected chi connectivity index (χ3v) is 7.34. The summed E-state index contributed by atoms with van der Waals surface area (Å²) in [4.78, 5) is 25.1. The largest absolute Gasteiger partial charge is 0.493 e. The summed E-state index contributed by atoms with van der Waals surface area (Å²) < 4.78 is 5.66. The van der Waals surface area contributed by atoms with Crippen molar-refractivity contribution in [3.63, 3.8) is 0 Å². The van der Waals surface area contributed by atoms with Crippen LogP contribution in [-0.4, -0.2) is 35.4 Å². The third-order valence-electron chi connectivity index (χ3n) is 6.18. The first-order valence-corrected chi connectivity index (χ1v) is 11.1. The van der Waals surface area contributed by atoms with Crippen LogP contribution in [0, 0.1) is 6.92 Å². The fraction of sp³-hybridized carbons (Fsp3) is 0.292. The average molecular weight is 433 g/mol. The highest BCUT2D eigenvalue weighted by atomic mass is 32.1. The minimum absolute atomic E-state index is 0.0546. The van der Waals surface area contributed by atoms with Crippen LogP contribution in [-0.2, 0) is 16.8 Å². The zero-order valence-corrected chi connectivity index (χ0v) is 18.6. The average Bonchev–Trinajstić information content (AvgIpc) is 3.42. The molecule has 31 heavy (non-hydrogen) atoms. The monoisotopic (exact) mass is 432 g/mol. The number of fused-ring (bicyclic) bond motifs is 1. The molecular formula is C24H24N4O2S. The van der Waals surface area contributed by atoms with E-state index in [4.69, 9.17) is 15.5 Å². The molecule has 4 heterocycles. The van der Waals surface area contributed by atoms with Gasteiger partial charge in [0.2, 0.25) is 5.91 Å². The van der Waals surface area contributed by atoms with E-state index >= 15 is 0 Å². The molecule has 0 aliphatic carbocycles. The van der Waals surface area contributed by atoms with Crippen molar-refractivity contribution in [3.05, 3.63) is 69.7 Å². The van der Waals surface area contributed by atoms with Crippen LogP contribution < -0.4 is 10.5 Å². The Hall–Kier alpha value is -3.19. The Morgan fingerprint density at radius 2 is 2.06 bits per heavy atom. The Labute approximate surface area is 185 Å². The molecule has 0 saturated carbocycles. The molecule has 1 amide bonds. The molecule has 2 aromatic heterocycles. The fourth-order valence-corrected chi connectivity index (χ4v) is 5.50. The number of pyridine rings is 1. The third kappa shape index (κ3) is 3.20. The summed E-state index contributed by atoms with van der Waals surface area (Å²) in [7, 11) is 1.68. The molecule has 0 saturated heterocycles. The number of likely N-dealkylation sites (N-methyl/N-ethyl adjacent to an activating group) is 1. The second-order valence-corrected chi connectivity index (χ2v) is 9.28. The van der Waals surface area contributed by atoms with Gasteiger partial charge in [-0.25, -0.2) is 4.99 Å². The van der Waals surface area contributed by atoms with Gasteiger partial charge in [0.25, 0.3) is 0 Å². The maximum absolute atomic E-state index is 13.5. The number of aliphatic imine (C=N–C) groups is 1. The molecule has 2 N–H and O–H groups in total. The Balaban J connectivity index is 1.63. The molecule has 158 valence electrons. The maximum Gasteiger partial charge on any atom is 0.239 e. The molecule has 0 spiro atoms. The van der Waals surface area contributed by atoms with Gasteiger partial charge in [0.1, 0.15) is 11.3 Å². The van der Waals surface area contributed by atoms with Crippen molar-refractivity contribution < 1.29 is 9.53 Å². The topological polar surface area (TPSA) is 80.8 Å². The van der Waals surface area contributed by atoms with E-state index in [2.05, 4.69) is 28.6 Å². The van der Waals surface area contributed by atoms with Crippen LogP contribution in [0.25, 0.3) is 11.1 Å². The number of nitrogens with two attached hydrogens (primary N) is 1. The standard InChI is InChI=1S/C24H24N4O2S/c1-14-8-17(12-26-11-14)18-10-20(31-13-18)24(2)21(22(29)28(3)23(25)27-24)16-4-5-19-15(9-16)6-7-30-19/h4-5,8-13,21H,6-7H2,1-3H3,(H2,25,27)/t21-,24-/m1/s1.